The maximum Gasteiger partial charge on any atom is 0.0818 e. The minimum Gasteiger partial charge on any atom is -0.369 e. The van der Waals surface area contributed by atoms with Gasteiger partial charge in [-0.2, -0.15) is 0 Å². The SMILES string of the molecule is Cc1ccc(C(C)OC2CCNC2)c(C)n1. The summed E-state index contributed by atoms with van der Waals surface area (Å²) < 4.78 is 6.02. The molecule has 1 aromatic heterocycles. The smallest absolute Gasteiger partial charge is 0.0818 e. The standard InChI is InChI=1S/C13H20N2O/c1-9-4-5-13(10(2)15-9)11(3)16-12-6-7-14-8-12/h4-5,11-12,14H,6-8H2,1-3H3. The Hall–Kier alpha value is -0.930. The second-order valence-electron chi connectivity index (χ2n) is 4.52. The van der Waals surface area contributed by atoms with Gasteiger partial charge in [0.05, 0.1) is 12.2 Å². The molecule has 0 spiro atoms. The minimum absolute atomic E-state index is 0.137. The zero-order valence-corrected chi connectivity index (χ0v) is 10.3. The Morgan fingerprint density at radius 2 is 2.25 bits per heavy atom. The van der Waals surface area contributed by atoms with Crippen LogP contribution in [0.4, 0.5) is 0 Å². The number of aromatic nitrogens is 1. The van der Waals surface area contributed by atoms with Gasteiger partial charge in [-0.25, -0.2) is 0 Å². The molecule has 1 N–H and O–H groups in total. The molecule has 1 aromatic rings. The van der Waals surface area contributed by atoms with Gasteiger partial charge in [0.1, 0.15) is 0 Å². The summed E-state index contributed by atoms with van der Waals surface area (Å²) in [6, 6.07) is 4.18. The highest BCUT2D eigenvalue weighted by atomic mass is 16.5. The first-order valence-electron chi connectivity index (χ1n) is 5.97. The molecule has 1 fully saturated rings. The maximum absolute atomic E-state index is 6.02. The molecule has 0 bridgehead atoms. The van der Waals surface area contributed by atoms with Crippen LogP contribution in [0.25, 0.3) is 0 Å². The second-order valence-corrected chi connectivity index (χ2v) is 4.52. The van der Waals surface area contributed by atoms with Gasteiger partial charge in [-0.15, -0.1) is 0 Å². The molecule has 3 nitrogen and oxygen atoms in total. The van der Waals surface area contributed by atoms with Crippen molar-refractivity contribution in [3.05, 3.63) is 29.1 Å². The summed E-state index contributed by atoms with van der Waals surface area (Å²) in [7, 11) is 0. The normalized spacial score (nSPS) is 22.3. The maximum atomic E-state index is 6.02. The molecule has 0 aliphatic carbocycles. The molecule has 0 saturated carbocycles. The van der Waals surface area contributed by atoms with Crippen molar-refractivity contribution in [2.45, 2.75) is 39.4 Å². The highest BCUT2D eigenvalue weighted by Crippen LogP contribution is 2.22. The number of hydrogen-bond acceptors (Lipinski definition) is 3. The van der Waals surface area contributed by atoms with Gasteiger partial charge >= 0.3 is 0 Å². The number of rotatable bonds is 3. The summed E-state index contributed by atoms with van der Waals surface area (Å²) in [5, 5.41) is 3.31. The highest BCUT2D eigenvalue weighted by Gasteiger charge is 2.19. The summed E-state index contributed by atoms with van der Waals surface area (Å²) in [6.45, 7) is 8.22. The Morgan fingerprint density at radius 3 is 2.88 bits per heavy atom. The first-order valence-corrected chi connectivity index (χ1v) is 5.97. The van der Waals surface area contributed by atoms with Crippen LogP contribution in [0, 0.1) is 13.8 Å². The van der Waals surface area contributed by atoms with Gasteiger partial charge < -0.3 is 10.1 Å². The monoisotopic (exact) mass is 220 g/mol. The molecular formula is C13H20N2O. The van der Waals surface area contributed by atoms with E-state index >= 15 is 0 Å². The van der Waals surface area contributed by atoms with E-state index in [-0.39, 0.29) is 6.10 Å². The Labute approximate surface area is 97.2 Å². The van der Waals surface area contributed by atoms with Crippen LogP contribution in [0.15, 0.2) is 12.1 Å². The lowest BCUT2D eigenvalue weighted by atomic mass is 10.1. The number of aryl methyl sites for hydroxylation is 2. The van der Waals surface area contributed by atoms with Gasteiger partial charge in [-0.1, -0.05) is 6.07 Å². The fourth-order valence-electron chi connectivity index (χ4n) is 2.23. The molecule has 2 rings (SSSR count). The minimum atomic E-state index is 0.137. The third kappa shape index (κ3) is 2.60. The van der Waals surface area contributed by atoms with E-state index in [9.17, 15) is 0 Å². The molecule has 16 heavy (non-hydrogen) atoms. The van der Waals surface area contributed by atoms with Gasteiger partial charge in [0, 0.05) is 23.5 Å². The van der Waals surface area contributed by atoms with Crippen molar-refractivity contribution in [1.29, 1.82) is 0 Å². The third-order valence-electron chi connectivity index (χ3n) is 3.12. The lowest BCUT2D eigenvalue weighted by Crippen LogP contribution is -2.19. The topological polar surface area (TPSA) is 34.1 Å². The first kappa shape index (κ1) is 11.6. The van der Waals surface area contributed by atoms with Crippen LogP contribution in [0.5, 0.6) is 0 Å². The van der Waals surface area contributed by atoms with Crippen LogP contribution in [-0.2, 0) is 4.74 Å². The predicted octanol–water partition coefficient (Wildman–Crippen LogP) is 2.14. The number of ether oxygens (including phenoxy) is 1. The Kier molecular flexibility index (Phi) is 3.56. The molecule has 2 atom stereocenters. The average molecular weight is 220 g/mol. The fraction of sp³-hybridized carbons (Fsp3) is 0.615. The predicted molar refractivity (Wildman–Crippen MR) is 64.5 cm³/mol. The lowest BCUT2D eigenvalue weighted by Gasteiger charge is -2.19. The molecule has 2 heterocycles. The molecule has 88 valence electrons. The summed E-state index contributed by atoms with van der Waals surface area (Å²) in [5.74, 6) is 0. The van der Waals surface area contributed by atoms with Crippen molar-refractivity contribution in [3.63, 3.8) is 0 Å². The fourth-order valence-corrected chi connectivity index (χ4v) is 2.23. The summed E-state index contributed by atoms with van der Waals surface area (Å²) in [4.78, 5) is 4.47. The van der Waals surface area contributed by atoms with Crippen LogP contribution in [0.1, 0.15) is 36.4 Å². The van der Waals surface area contributed by atoms with Crippen LogP contribution < -0.4 is 5.32 Å². The van der Waals surface area contributed by atoms with Crippen molar-refractivity contribution in [3.8, 4) is 0 Å². The summed E-state index contributed by atoms with van der Waals surface area (Å²) >= 11 is 0. The third-order valence-corrected chi connectivity index (χ3v) is 3.12. The van der Waals surface area contributed by atoms with E-state index in [0.717, 1.165) is 30.9 Å². The molecule has 3 heteroatoms. The zero-order valence-electron chi connectivity index (χ0n) is 10.3. The van der Waals surface area contributed by atoms with Crippen molar-refractivity contribution in [2.75, 3.05) is 13.1 Å². The average Bonchev–Trinajstić information content (AvgIpc) is 2.70. The van der Waals surface area contributed by atoms with Gasteiger partial charge in [0.15, 0.2) is 0 Å². The van der Waals surface area contributed by atoms with Gasteiger partial charge in [-0.05, 0) is 39.8 Å². The second kappa shape index (κ2) is 4.93. The van der Waals surface area contributed by atoms with Crippen LogP contribution >= 0.6 is 0 Å². The van der Waals surface area contributed by atoms with Gasteiger partial charge in [0.25, 0.3) is 0 Å². The van der Waals surface area contributed by atoms with Crippen LogP contribution in [0.3, 0.4) is 0 Å². The zero-order chi connectivity index (χ0) is 11.5. The van der Waals surface area contributed by atoms with Crippen molar-refractivity contribution in [1.82, 2.24) is 10.3 Å². The molecule has 2 unspecified atom stereocenters. The first-order chi connectivity index (χ1) is 7.66. The molecule has 0 amide bonds. The summed E-state index contributed by atoms with van der Waals surface area (Å²) in [5.41, 5.74) is 3.35. The van der Waals surface area contributed by atoms with Gasteiger partial charge in [-0.3, -0.25) is 4.98 Å². The number of nitrogens with zero attached hydrogens (tertiary/aromatic N) is 1. The number of pyridine rings is 1. The molecule has 0 radical (unpaired) electrons. The van der Waals surface area contributed by atoms with Crippen molar-refractivity contribution >= 4 is 0 Å². The highest BCUT2D eigenvalue weighted by molar-refractivity contribution is 5.23. The van der Waals surface area contributed by atoms with Crippen molar-refractivity contribution in [2.24, 2.45) is 0 Å². The van der Waals surface area contributed by atoms with E-state index in [0.29, 0.717) is 6.10 Å². The van der Waals surface area contributed by atoms with E-state index in [2.05, 4.69) is 36.3 Å². The molecule has 1 aliphatic heterocycles. The van der Waals surface area contributed by atoms with E-state index in [1.54, 1.807) is 0 Å². The van der Waals surface area contributed by atoms with E-state index in [1.807, 2.05) is 6.92 Å². The largest absolute Gasteiger partial charge is 0.369 e. The molecule has 1 saturated heterocycles. The summed E-state index contributed by atoms with van der Waals surface area (Å²) in [6.07, 6.45) is 1.61. The Morgan fingerprint density at radius 1 is 1.44 bits per heavy atom. The lowest BCUT2D eigenvalue weighted by molar-refractivity contribution is 0.00777. The van der Waals surface area contributed by atoms with Crippen LogP contribution in [-0.4, -0.2) is 24.2 Å². The van der Waals surface area contributed by atoms with Crippen LogP contribution in [0.2, 0.25) is 0 Å². The number of nitrogens with one attached hydrogen (secondary N) is 1. The number of hydrogen-bond donors (Lipinski definition) is 1. The Balaban J connectivity index is 2.04. The molecular weight excluding hydrogens is 200 g/mol. The van der Waals surface area contributed by atoms with E-state index < -0.39 is 0 Å². The Bertz CT molecular complexity index is 359. The van der Waals surface area contributed by atoms with Gasteiger partial charge in [0.2, 0.25) is 0 Å². The van der Waals surface area contributed by atoms with E-state index in [4.69, 9.17) is 4.74 Å². The van der Waals surface area contributed by atoms with E-state index in [1.165, 1.54) is 5.56 Å². The molecule has 0 aromatic carbocycles. The van der Waals surface area contributed by atoms with Crippen molar-refractivity contribution < 1.29 is 4.74 Å². The quantitative estimate of drug-likeness (QED) is 0.847. The molecule has 1 aliphatic rings.